The van der Waals surface area contributed by atoms with Crippen molar-refractivity contribution in [3.63, 3.8) is 0 Å². The molecule has 0 bridgehead atoms. The second-order valence-electron chi connectivity index (χ2n) is 7.29. The number of aromatic nitrogens is 3. The summed E-state index contributed by atoms with van der Waals surface area (Å²) in [5, 5.41) is 11.3. The molecule has 1 fully saturated rings. The van der Waals surface area contributed by atoms with Crippen LogP contribution in [0, 0.1) is 12.8 Å². The Morgan fingerprint density at radius 1 is 1.24 bits per heavy atom. The fraction of sp³-hybridized carbons (Fsp3) is 0.333. The fourth-order valence-electron chi connectivity index (χ4n) is 3.41. The first-order valence-corrected chi connectivity index (χ1v) is 10.4. The Bertz CT molecular complexity index is 971. The Labute approximate surface area is 177 Å². The highest BCUT2D eigenvalue weighted by atomic mass is 79.9. The zero-order valence-electron chi connectivity index (χ0n) is 16.1. The smallest absolute Gasteiger partial charge is 0.247 e. The van der Waals surface area contributed by atoms with Crippen LogP contribution >= 0.6 is 15.9 Å². The maximum absolute atomic E-state index is 12.6. The first kappa shape index (κ1) is 19.7. The number of anilines is 1. The van der Waals surface area contributed by atoms with Crippen molar-refractivity contribution < 1.29 is 9.21 Å². The van der Waals surface area contributed by atoms with Crippen molar-refractivity contribution in [1.82, 2.24) is 20.1 Å². The SMILES string of the molecule is Cc1ccc(-c2nnc(CN3CCCC(C(=O)Nc4ccc(Br)cn4)C3)o2)cc1. The van der Waals surface area contributed by atoms with Crippen LogP contribution in [0.5, 0.6) is 0 Å². The summed E-state index contributed by atoms with van der Waals surface area (Å²) in [5.74, 6) is 1.56. The Morgan fingerprint density at radius 2 is 2.07 bits per heavy atom. The summed E-state index contributed by atoms with van der Waals surface area (Å²) in [4.78, 5) is 19.0. The van der Waals surface area contributed by atoms with E-state index in [0.717, 1.165) is 29.4 Å². The summed E-state index contributed by atoms with van der Waals surface area (Å²) in [5.41, 5.74) is 2.09. The predicted molar refractivity (Wildman–Crippen MR) is 113 cm³/mol. The van der Waals surface area contributed by atoms with Gasteiger partial charge >= 0.3 is 0 Å². The number of carbonyl (C=O) groups is 1. The van der Waals surface area contributed by atoms with E-state index < -0.39 is 0 Å². The number of nitrogens with one attached hydrogen (secondary N) is 1. The molecular weight excluding hydrogens is 434 g/mol. The van der Waals surface area contributed by atoms with E-state index in [2.05, 4.69) is 41.3 Å². The summed E-state index contributed by atoms with van der Waals surface area (Å²) < 4.78 is 6.71. The van der Waals surface area contributed by atoms with E-state index in [9.17, 15) is 4.79 Å². The molecule has 3 aromatic rings. The average molecular weight is 456 g/mol. The van der Waals surface area contributed by atoms with Crippen molar-refractivity contribution in [3.05, 3.63) is 58.5 Å². The van der Waals surface area contributed by atoms with Crippen LogP contribution < -0.4 is 5.32 Å². The second-order valence-corrected chi connectivity index (χ2v) is 8.21. The Morgan fingerprint density at radius 3 is 2.83 bits per heavy atom. The molecule has 1 atom stereocenters. The normalized spacial score (nSPS) is 17.2. The van der Waals surface area contributed by atoms with Crippen LogP contribution in [-0.4, -0.2) is 39.1 Å². The molecule has 1 aliphatic heterocycles. The lowest BCUT2D eigenvalue weighted by molar-refractivity contribution is -0.121. The topological polar surface area (TPSA) is 84.2 Å². The number of hydrogen-bond donors (Lipinski definition) is 1. The molecule has 150 valence electrons. The maximum atomic E-state index is 12.6. The lowest BCUT2D eigenvalue weighted by atomic mass is 9.97. The minimum atomic E-state index is -0.0892. The Balaban J connectivity index is 1.35. The van der Waals surface area contributed by atoms with E-state index in [1.807, 2.05) is 37.3 Å². The standard InChI is InChI=1S/C21H22BrN5O2/c1-14-4-6-15(7-5-14)21-26-25-19(29-21)13-27-10-2-3-16(12-27)20(28)24-18-9-8-17(22)11-23-18/h4-9,11,16H,2-3,10,12-13H2,1H3,(H,23,24,28). The van der Waals surface area contributed by atoms with Crippen LogP contribution in [0.2, 0.25) is 0 Å². The molecule has 3 heterocycles. The van der Waals surface area contributed by atoms with Crippen molar-refractivity contribution in [1.29, 1.82) is 0 Å². The number of aryl methyl sites for hydroxylation is 1. The van der Waals surface area contributed by atoms with Crippen LogP contribution in [0.1, 0.15) is 24.3 Å². The minimum absolute atomic E-state index is 0.00426. The number of halogens is 1. The maximum Gasteiger partial charge on any atom is 0.247 e. The molecule has 1 N–H and O–H groups in total. The largest absolute Gasteiger partial charge is 0.419 e. The number of amides is 1. The van der Waals surface area contributed by atoms with Gasteiger partial charge in [0.05, 0.1) is 12.5 Å². The highest BCUT2D eigenvalue weighted by Crippen LogP contribution is 2.22. The monoisotopic (exact) mass is 455 g/mol. The quantitative estimate of drug-likeness (QED) is 0.624. The van der Waals surface area contributed by atoms with Crippen molar-refractivity contribution >= 4 is 27.7 Å². The number of rotatable bonds is 5. The molecule has 1 aromatic carbocycles. The van der Waals surface area contributed by atoms with E-state index in [0.29, 0.717) is 30.7 Å². The second kappa shape index (κ2) is 8.84. The Hall–Kier alpha value is -2.58. The molecule has 1 unspecified atom stereocenters. The zero-order valence-corrected chi connectivity index (χ0v) is 17.7. The minimum Gasteiger partial charge on any atom is -0.419 e. The summed E-state index contributed by atoms with van der Waals surface area (Å²) in [6.07, 6.45) is 3.48. The molecule has 8 heteroatoms. The van der Waals surface area contributed by atoms with Crippen molar-refractivity contribution in [3.8, 4) is 11.5 Å². The number of nitrogens with zero attached hydrogens (tertiary/aromatic N) is 4. The molecule has 1 saturated heterocycles. The van der Waals surface area contributed by atoms with Crippen molar-refractivity contribution in [2.75, 3.05) is 18.4 Å². The third-order valence-corrected chi connectivity index (χ3v) is 5.45. The van der Waals surface area contributed by atoms with E-state index >= 15 is 0 Å². The van der Waals surface area contributed by atoms with Crippen LogP contribution in [0.15, 0.2) is 51.5 Å². The third kappa shape index (κ3) is 5.07. The molecule has 4 rings (SSSR count). The van der Waals surface area contributed by atoms with Gasteiger partial charge in [0.1, 0.15) is 5.82 Å². The van der Waals surface area contributed by atoms with Gasteiger partial charge in [-0.2, -0.15) is 0 Å². The van der Waals surface area contributed by atoms with Gasteiger partial charge in [-0.1, -0.05) is 17.7 Å². The molecule has 29 heavy (non-hydrogen) atoms. The van der Waals surface area contributed by atoms with Gasteiger partial charge in [-0.3, -0.25) is 9.69 Å². The number of pyridine rings is 1. The molecule has 0 aliphatic carbocycles. The molecule has 0 radical (unpaired) electrons. The summed E-state index contributed by atoms with van der Waals surface area (Å²) >= 11 is 3.35. The van der Waals surface area contributed by atoms with Crippen LogP contribution in [0.4, 0.5) is 5.82 Å². The van der Waals surface area contributed by atoms with Crippen molar-refractivity contribution in [2.24, 2.45) is 5.92 Å². The number of benzene rings is 1. The molecule has 7 nitrogen and oxygen atoms in total. The van der Waals surface area contributed by atoms with E-state index in [-0.39, 0.29) is 11.8 Å². The van der Waals surface area contributed by atoms with Gasteiger partial charge in [-0.25, -0.2) is 4.98 Å². The number of carbonyl (C=O) groups excluding carboxylic acids is 1. The van der Waals surface area contributed by atoms with Crippen LogP contribution in [-0.2, 0) is 11.3 Å². The number of piperidine rings is 1. The van der Waals surface area contributed by atoms with E-state index in [4.69, 9.17) is 4.42 Å². The lowest BCUT2D eigenvalue weighted by Crippen LogP contribution is -2.40. The van der Waals surface area contributed by atoms with Gasteiger partial charge in [0.15, 0.2) is 0 Å². The van der Waals surface area contributed by atoms with Gasteiger partial charge in [-0.05, 0) is 66.5 Å². The first-order chi connectivity index (χ1) is 14.1. The summed E-state index contributed by atoms with van der Waals surface area (Å²) in [6.45, 7) is 4.14. The van der Waals surface area contributed by atoms with Gasteiger partial charge in [0.25, 0.3) is 0 Å². The molecule has 1 aliphatic rings. The molecular formula is C21H22BrN5O2. The van der Waals surface area contributed by atoms with Crippen LogP contribution in [0.3, 0.4) is 0 Å². The Kier molecular flexibility index (Phi) is 6.01. The number of hydrogen-bond acceptors (Lipinski definition) is 6. The highest BCUT2D eigenvalue weighted by molar-refractivity contribution is 9.10. The lowest BCUT2D eigenvalue weighted by Gasteiger charge is -2.30. The zero-order chi connectivity index (χ0) is 20.2. The van der Waals surface area contributed by atoms with Gasteiger partial charge in [0.2, 0.25) is 17.7 Å². The van der Waals surface area contributed by atoms with Crippen LogP contribution in [0.25, 0.3) is 11.5 Å². The first-order valence-electron chi connectivity index (χ1n) is 9.61. The van der Waals surface area contributed by atoms with Gasteiger partial charge in [0, 0.05) is 22.8 Å². The van der Waals surface area contributed by atoms with Gasteiger partial charge in [-0.15, -0.1) is 10.2 Å². The van der Waals surface area contributed by atoms with Crippen molar-refractivity contribution in [2.45, 2.75) is 26.3 Å². The third-order valence-electron chi connectivity index (χ3n) is 4.98. The summed E-state index contributed by atoms with van der Waals surface area (Å²) in [6, 6.07) is 11.6. The van der Waals surface area contributed by atoms with E-state index in [1.54, 1.807) is 12.3 Å². The molecule has 0 spiro atoms. The van der Waals surface area contributed by atoms with Gasteiger partial charge < -0.3 is 9.73 Å². The fourth-order valence-corrected chi connectivity index (χ4v) is 3.65. The number of likely N-dealkylation sites (tertiary alicyclic amines) is 1. The average Bonchev–Trinajstić information content (AvgIpc) is 3.19. The molecule has 2 aromatic heterocycles. The molecule has 1 amide bonds. The highest BCUT2D eigenvalue weighted by Gasteiger charge is 2.27. The predicted octanol–water partition coefficient (Wildman–Crippen LogP) is 4.05. The summed E-state index contributed by atoms with van der Waals surface area (Å²) in [7, 11) is 0. The van der Waals surface area contributed by atoms with E-state index in [1.165, 1.54) is 5.56 Å². The molecule has 0 saturated carbocycles.